The van der Waals surface area contributed by atoms with Gasteiger partial charge in [-0.3, -0.25) is 0 Å². The highest BCUT2D eigenvalue weighted by Crippen LogP contribution is 2.17. The molecule has 2 heterocycles. The SMILES string of the molecule is CCCCOC(=O)N1CCC2OCCNC2C1. The molecule has 0 spiro atoms. The highest BCUT2D eigenvalue weighted by molar-refractivity contribution is 5.67. The van der Waals surface area contributed by atoms with Crippen LogP contribution in [0.15, 0.2) is 0 Å². The van der Waals surface area contributed by atoms with Crippen LogP contribution in [-0.4, -0.2) is 56.0 Å². The van der Waals surface area contributed by atoms with Gasteiger partial charge in [0.1, 0.15) is 0 Å². The molecular weight excluding hydrogens is 220 g/mol. The van der Waals surface area contributed by atoms with Crippen molar-refractivity contribution in [2.75, 3.05) is 32.8 Å². The molecule has 0 aromatic carbocycles. The molecule has 0 aromatic rings. The lowest BCUT2D eigenvalue weighted by atomic mass is 10.0. The Hall–Kier alpha value is -0.810. The molecule has 2 aliphatic heterocycles. The number of hydrogen-bond acceptors (Lipinski definition) is 4. The molecule has 17 heavy (non-hydrogen) atoms. The van der Waals surface area contributed by atoms with Crippen LogP contribution in [0.25, 0.3) is 0 Å². The summed E-state index contributed by atoms with van der Waals surface area (Å²) in [4.78, 5) is 13.6. The predicted molar refractivity (Wildman–Crippen MR) is 64.0 cm³/mol. The van der Waals surface area contributed by atoms with Gasteiger partial charge in [0.15, 0.2) is 0 Å². The van der Waals surface area contributed by atoms with Crippen LogP contribution in [0.3, 0.4) is 0 Å². The number of nitrogens with zero attached hydrogens (tertiary/aromatic N) is 1. The molecule has 2 saturated heterocycles. The summed E-state index contributed by atoms with van der Waals surface area (Å²) in [7, 11) is 0. The van der Waals surface area contributed by atoms with E-state index in [0.29, 0.717) is 13.2 Å². The summed E-state index contributed by atoms with van der Waals surface area (Å²) >= 11 is 0. The standard InChI is InChI=1S/C12H22N2O3/c1-2-3-7-17-12(15)14-6-4-11-10(9-14)13-5-8-16-11/h10-11,13H,2-9H2,1H3. The molecule has 0 bridgehead atoms. The molecule has 2 unspecified atom stereocenters. The van der Waals surface area contributed by atoms with Gasteiger partial charge in [0.05, 0.1) is 25.4 Å². The summed E-state index contributed by atoms with van der Waals surface area (Å²) in [5, 5.41) is 3.40. The Bertz CT molecular complexity index is 260. The number of ether oxygens (including phenoxy) is 2. The molecule has 0 aromatic heterocycles. The fraction of sp³-hybridized carbons (Fsp3) is 0.917. The minimum atomic E-state index is -0.177. The van der Waals surface area contributed by atoms with Crippen LogP contribution in [0.1, 0.15) is 26.2 Å². The number of likely N-dealkylation sites (tertiary alicyclic amines) is 1. The number of piperidine rings is 1. The number of morpholine rings is 1. The third-order valence-corrected chi connectivity index (χ3v) is 3.37. The Morgan fingerprint density at radius 3 is 3.29 bits per heavy atom. The smallest absolute Gasteiger partial charge is 0.409 e. The van der Waals surface area contributed by atoms with Gasteiger partial charge in [-0.05, 0) is 12.8 Å². The van der Waals surface area contributed by atoms with Gasteiger partial charge in [0.2, 0.25) is 0 Å². The van der Waals surface area contributed by atoms with Gasteiger partial charge in [0.25, 0.3) is 0 Å². The van der Waals surface area contributed by atoms with Gasteiger partial charge in [-0.15, -0.1) is 0 Å². The zero-order valence-electron chi connectivity index (χ0n) is 10.5. The molecule has 1 N–H and O–H groups in total. The molecule has 5 nitrogen and oxygen atoms in total. The van der Waals surface area contributed by atoms with E-state index in [1.54, 1.807) is 4.90 Å². The lowest BCUT2D eigenvalue weighted by Gasteiger charge is -2.40. The first-order chi connectivity index (χ1) is 8.31. The van der Waals surface area contributed by atoms with Crippen molar-refractivity contribution in [3.63, 3.8) is 0 Å². The van der Waals surface area contributed by atoms with Crippen molar-refractivity contribution in [3.05, 3.63) is 0 Å². The maximum Gasteiger partial charge on any atom is 0.409 e. The summed E-state index contributed by atoms with van der Waals surface area (Å²) in [5.74, 6) is 0. The molecule has 0 radical (unpaired) electrons. The zero-order valence-corrected chi connectivity index (χ0v) is 10.5. The summed E-state index contributed by atoms with van der Waals surface area (Å²) < 4.78 is 10.9. The third-order valence-electron chi connectivity index (χ3n) is 3.37. The minimum Gasteiger partial charge on any atom is -0.449 e. The van der Waals surface area contributed by atoms with Gasteiger partial charge in [0, 0.05) is 19.6 Å². The molecule has 0 aliphatic carbocycles. The van der Waals surface area contributed by atoms with E-state index < -0.39 is 0 Å². The third kappa shape index (κ3) is 3.33. The van der Waals surface area contributed by atoms with Crippen molar-refractivity contribution >= 4 is 6.09 Å². The van der Waals surface area contributed by atoms with Crippen molar-refractivity contribution in [2.45, 2.75) is 38.3 Å². The minimum absolute atomic E-state index is 0.177. The van der Waals surface area contributed by atoms with E-state index in [1.807, 2.05) is 0 Å². The van der Waals surface area contributed by atoms with Gasteiger partial charge in [-0.1, -0.05) is 13.3 Å². The Labute approximate surface area is 102 Å². The van der Waals surface area contributed by atoms with Crippen molar-refractivity contribution in [1.82, 2.24) is 10.2 Å². The molecule has 98 valence electrons. The molecule has 2 atom stereocenters. The summed E-state index contributed by atoms with van der Waals surface area (Å²) in [6.07, 6.45) is 2.98. The summed E-state index contributed by atoms with van der Waals surface area (Å²) in [6.45, 7) is 5.72. The lowest BCUT2D eigenvalue weighted by Crippen LogP contribution is -2.59. The van der Waals surface area contributed by atoms with Crippen LogP contribution in [0, 0.1) is 0 Å². The molecule has 0 saturated carbocycles. The Morgan fingerprint density at radius 1 is 1.59 bits per heavy atom. The van der Waals surface area contributed by atoms with Crippen LogP contribution in [0.2, 0.25) is 0 Å². The largest absolute Gasteiger partial charge is 0.449 e. The highest BCUT2D eigenvalue weighted by atomic mass is 16.6. The second-order valence-corrected chi connectivity index (χ2v) is 4.67. The van der Waals surface area contributed by atoms with Crippen molar-refractivity contribution in [3.8, 4) is 0 Å². The van der Waals surface area contributed by atoms with E-state index >= 15 is 0 Å². The highest BCUT2D eigenvalue weighted by Gasteiger charge is 2.34. The maximum absolute atomic E-state index is 11.8. The number of hydrogen-bond donors (Lipinski definition) is 1. The molecule has 2 rings (SSSR count). The zero-order chi connectivity index (χ0) is 12.1. The first-order valence-electron chi connectivity index (χ1n) is 6.58. The van der Waals surface area contributed by atoms with Crippen LogP contribution in [0.5, 0.6) is 0 Å². The van der Waals surface area contributed by atoms with E-state index in [2.05, 4.69) is 12.2 Å². The molecule has 2 fully saturated rings. The topological polar surface area (TPSA) is 50.8 Å². The van der Waals surface area contributed by atoms with Gasteiger partial charge in [-0.25, -0.2) is 4.79 Å². The van der Waals surface area contributed by atoms with Crippen LogP contribution >= 0.6 is 0 Å². The van der Waals surface area contributed by atoms with E-state index in [9.17, 15) is 4.79 Å². The molecule has 1 amide bonds. The van der Waals surface area contributed by atoms with E-state index in [-0.39, 0.29) is 18.2 Å². The number of unbranched alkanes of at least 4 members (excludes halogenated alkanes) is 1. The average Bonchev–Trinajstić information content (AvgIpc) is 2.38. The van der Waals surface area contributed by atoms with Crippen molar-refractivity contribution in [1.29, 1.82) is 0 Å². The van der Waals surface area contributed by atoms with Crippen LogP contribution in [-0.2, 0) is 9.47 Å². The first-order valence-corrected chi connectivity index (χ1v) is 6.58. The van der Waals surface area contributed by atoms with Crippen LogP contribution in [0.4, 0.5) is 4.79 Å². The Balaban J connectivity index is 1.76. The average molecular weight is 242 g/mol. The first kappa shape index (κ1) is 12.6. The van der Waals surface area contributed by atoms with Gasteiger partial charge >= 0.3 is 6.09 Å². The lowest BCUT2D eigenvalue weighted by molar-refractivity contribution is -0.0413. The van der Waals surface area contributed by atoms with E-state index in [4.69, 9.17) is 9.47 Å². The quantitative estimate of drug-likeness (QED) is 0.750. The maximum atomic E-state index is 11.8. The normalized spacial score (nSPS) is 28.6. The van der Waals surface area contributed by atoms with Gasteiger partial charge < -0.3 is 19.7 Å². The number of nitrogens with one attached hydrogen (secondary N) is 1. The fourth-order valence-electron chi connectivity index (χ4n) is 2.34. The van der Waals surface area contributed by atoms with Crippen molar-refractivity contribution in [2.24, 2.45) is 0 Å². The Kier molecular flexibility index (Phi) is 4.62. The van der Waals surface area contributed by atoms with Crippen LogP contribution < -0.4 is 5.32 Å². The number of amides is 1. The number of carbonyl (C=O) groups excluding carboxylic acids is 1. The monoisotopic (exact) mass is 242 g/mol. The fourth-order valence-corrected chi connectivity index (χ4v) is 2.34. The predicted octanol–water partition coefficient (Wildman–Crippen LogP) is 0.986. The number of rotatable bonds is 3. The van der Waals surface area contributed by atoms with E-state index in [1.165, 1.54) is 0 Å². The second-order valence-electron chi connectivity index (χ2n) is 4.67. The Morgan fingerprint density at radius 2 is 2.47 bits per heavy atom. The summed E-state index contributed by atoms with van der Waals surface area (Å²) in [5.41, 5.74) is 0. The number of fused-ring (bicyclic) bond motifs is 1. The molecular formula is C12H22N2O3. The summed E-state index contributed by atoms with van der Waals surface area (Å²) in [6, 6.07) is 0.274. The van der Waals surface area contributed by atoms with E-state index in [0.717, 1.165) is 39.0 Å². The second kappa shape index (κ2) is 6.21. The molecule has 2 aliphatic rings. The number of carbonyl (C=O) groups is 1. The van der Waals surface area contributed by atoms with Gasteiger partial charge in [-0.2, -0.15) is 0 Å². The van der Waals surface area contributed by atoms with Crippen molar-refractivity contribution < 1.29 is 14.3 Å². The molecule has 5 heteroatoms.